The minimum Gasteiger partial charge on any atom is -0.484 e. The van der Waals surface area contributed by atoms with Crippen LogP contribution in [0.3, 0.4) is 0 Å². The second-order valence-corrected chi connectivity index (χ2v) is 4.97. The van der Waals surface area contributed by atoms with Crippen LogP contribution in [0.4, 0.5) is 0 Å². The van der Waals surface area contributed by atoms with E-state index in [0.717, 1.165) is 11.7 Å². The zero-order valence-corrected chi connectivity index (χ0v) is 10.5. The monoisotopic (exact) mass is 230 g/mol. The molecule has 1 heterocycles. The first kappa shape index (κ1) is 11.9. The molecule has 0 amide bonds. The van der Waals surface area contributed by atoms with Gasteiger partial charge in [0.25, 0.3) is 0 Å². The van der Waals surface area contributed by atoms with Crippen LogP contribution in [-0.2, 0) is 0 Å². The Hall–Kier alpha value is -0.150. The van der Waals surface area contributed by atoms with Gasteiger partial charge in [0, 0.05) is 16.3 Å². The van der Waals surface area contributed by atoms with E-state index >= 15 is 0 Å². The summed E-state index contributed by atoms with van der Waals surface area (Å²) in [4.78, 5) is 1.30. The quantitative estimate of drug-likeness (QED) is 0.506. The largest absolute Gasteiger partial charge is 0.484 e. The topological polar surface area (TPSA) is 9.23 Å². The molecule has 0 aromatic carbocycles. The normalized spacial score (nSPS) is 10.4. The lowest BCUT2D eigenvalue weighted by atomic mass is 10.2. The molecule has 3 heteroatoms. The van der Waals surface area contributed by atoms with Gasteiger partial charge in [-0.05, 0) is 12.7 Å². The maximum Gasteiger partial charge on any atom is 0.174 e. The van der Waals surface area contributed by atoms with E-state index in [9.17, 15) is 0 Å². The van der Waals surface area contributed by atoms with E-state index in [1.165, 1.54) is 30.6 Å². The van der Waals surface area contributed by atoms with Crippen molar-refractivity contribution in [1.82, 2.24) is 0 Å². The van der Waals surface area contributed by atoms with E-state index in [1.807, 2.05) is 0 Å². The highest BCUT2D eigenvalue weighted by molar-refractivity contribution is 7.98. The Labute approximate surface area is 94.9 Å². The van der Waals surface area contributed by atoms with Crippen LogP contribution in [0, 0.1) is 0 Å². The Morgan fingerprint density at radius 1 is 1.36 bits per heavy atom. The van der Waals surface area contributed by atoms with Crippen molar-refractivity contribution < 1.29 is 4.74 Å². The van der Waals surface area contributed by atoms with Crippen molar-refractivity contribution >= 4 is 23.1 Å². The molecule has 0 aliphatic rings. The molecule has 0 aliphatic heterocycles. The molecule has 1 aromatic rings. The Balaban J connectivity index is 2.12. The van der Waals surface area contributed by atoms with Crippen molar-refractivity contribution in [3.05, 3.63) is 11.4 Å². The van der Waals surface area contributed by atoms with Crippen LogP contribution in [0.25, 0.3) is 0 Å². The summed E-state index contributed by atoms with van der Waals surface area (Å²) in [5.41, 5.74) is 0. The molecule has 0 bridgehead atoms. The zero-order valence-electron chi connectivity index (χ0n) is 8.91. The fraction of sp³-hybridized carbons (Fsp3) is 0.636. The van der Waals surface area contributed by atoms with Gasteiger partial charge in [-0.3, -0.25) is 0 Å². The zero-order chi connectivity index (χ0) is 10.2. The Morgan fingerprint density at radius 3 is 2.86 bits per heavy atom. The Bertz CT molecular complexity index is 245. The predicted octanol–water partition coefficient (Wildman–Crippen LogP) is 4.43. The predicted molar refractivity (Wildman–Crippen MR) is 65.7 cm³/mol. The van der Waals surface area contributed by atoms with Gasteiger partial charge in [-0.25, -0.2) is 0 Å². The molecule has 1 nitrogen and oxygen atoms in total. The molecule has 0 N–H and O–H groups in total. The summed E-state index contributed by atoms with van der Waals surface area (Å²) in [5, 5.41) is 3.21. The van der Waals surface area contributed by atoms with Gasteiger partial charge in [-0.2, -0.15) is 0 Å². The summed E-state index contributed by atoms with van der Waals surface area (Å²) < 4.78 is 5.64. The number of unbranched alkanes of at least 4 members (excludes halogenated alkanes) is 3. The van der Waals surface area contributed by atoms with E-state index in [4.69, 9.17) is 4.74 Å². The Morgan fingerprint density at radius 2 is 2.21 bits per heavy atom. The third-order valence-corrected chi connectivity index (χ3v) is 3.73. The molecule has 0 spiro atoms. The summed E-state index contributed by atoms with van der Waals surface area (Å²) in [6, 6.07) is 2.12. The van der Waals surface area contributed by atoms with E-state index in [2.05, 4.69) is 24.6 Å². The summed E-state index contributed by atoms with van der Waals surface area (Å²) in [6.45, 7) is 3.10. The number of thioether (sulfide) groups is 1. The number of rotatable bonds is 7. The third kappa shape index (κ3) is 4.38. The molecule has 0 aliphatic carbocycles. The van der Waals surface area contributed by atoms with E-state index in [0.29, 0.717) is 0 Å². The lowest BCUT2D eigenvalue weighted by Gasteiger charge is -2.01. The number of thiophene rings is 1. The van der Waals surface area contributed by atoms with Gasteiger partial charge in [0.05, 0.1) is 6.61 Å². The van der Waals surface area contributed by atoms with E-state index in [-0.39, 0.29) is 0 Å². The van der Waals surface area contributed by atoms with Crippen molar-refractivity contribution in [2.75, 3.05) is 12.9 Å². The van der Waals surface area contributed by atoms with Gasteiger partial charge >= 0.3 is 0 Å². The van der Waals surface area contributed by atoms with Gasteiger partial charge in [0.2, 0.25) is 0 Å². The molecule has 0 saturated carbocycles. The van der Waals surface area contributed by atoms with Crippen LogP contribution >= 0.6 is 23.1 Å². The maximum absolute atomic E-state index is 5.64. The van der Waals surface area contributed by atoms with Gasteiger partial charge in [0.1, 0.15) is 0 Å². The average molecular weight is 230 g/mol. The second kappa shape index (κ2) is 7.18. The fourth-order valence-electron chi connectivity index (χ4n) is 1.18. The molecule has 1 rings (SSSR count). The van der Waals surface area contributed by atoms with Gasteiger partial charge in [-0.1, -0.05) is 26.2 Å². The van der Waals surface area contributed by atoms with Gasteiger partial charge in [-0.15, -0.1) is 23.1 Å². The van der Waals surface area contributed by atoms with Crippen LogP contribution in [0.1, 0.15) is 32.6 Å². The molecular formula is C11H18OS2. The SMILES string of the molecule is CCCCCCOc1cc(SC)cs1. The summed E-state index contributed by atoms with van der Waals surface area (Å²) in [5.74, 6) is 0. The summed E-state index contributed by atoms with van der Waals surface area (Å²) >= 11 is 3.46. The molecule has 0 unspecified atom stereocenters. The number of hydrogen-bond acceptors (Lipinski definition) is 3. The highest BCUT2D eigenvalue weighted by Crippen LogP contribution is 2.28. The maximum atomic E-state index is 5.64. The average Bonchev–Trinajstić information content (AvgIpc) is 2.65. The number of hydrogen-bond donors (Lipinski definition) is 0. The van der Waals surface area contributed by atoms with E-state index < -0.39 is 0 Å². The first-order chi connectivity index (χ1) is 6.86. The lowest BCUT2D eigenvalue weighted by molar-refractivity contribution is 0.313. The fourth-order valence-corrected chi connectivity index (χ4v) is 2.66. The van der Waals surface area contributed by atoms with Crippen molar-refractivity contribution in [2.45, 2.75) is 37.5 Å². The van der Waals surface area contributed by atoms with Crippen molar-refractivity contribution in [2.24, 2.45) is 0 Å². The molecule has 0 fully saturated rings. The lowest BCUT2D eigenvalue weighted by Crippen LogP contribution is -1.95. The molecule has 80 valence electrons. The van der Waals surface area contributed by atoms with Crippen LogP contribution < -0.4 is 4.74 Å². The van der Waals surface area contributed by atoms with E-state index in [1.54, 1.807) is 23.1 Å². The molecule has 0 saturated heterocycles. The molecule has 14 heavy (non-hydrogen) atoms. The number of ether oxygens (including phenoxy) is 1. The first-order valence-corrected chi connectivity index (χ1v) is 7.22. The minimum absolute atomic E-state index is 0.869. The van der Waals surface area contributed by atoms with Crippen molar-refractivity contribution in [3.63, 3.8) is 0 Å². The highest BCUT2D eigenvalue weighted by Gasteiger charge is 1.98. The van der Waals surface area contributed by atoms with Gasteiger partial charge in [0.15, 0.2) is 5.06 Å². The molecular weight excluding hydrogens is 212 g/mol. The minimum atomic E-state index is 0.869. The highest BCUT2D eigenvalue weighted by atomic mass is 32.2. The van der Waals surface area contributed by atoms with Crippen LogP contribution in [0.5, 0.6) is 5.06 Å². The van der Waals surface area contributed by atoms with Crippen LogP contribution in [0.2, 0.25) is 0 Å². The smallest absolute Gasteiger partial charge is 0.174 e. The molecule has 0 radical (unpaired) electrons. The summed E-state index contributed by atoms with van der Waals surface area (Å²) in [7, 11) is 0. The van der Waals surface area contributed by atoms with Crippen LogP contribution in [-0.4, -0.2) is 12.9 Å². The van der Waals surface area contributed by atoms with Crippen molar-refractivity contribution in [3.8, 4) is 5.06 Å². The van der Waals surface area contributed by atoms with Crippen LogP contribution in [0.15, 0.2) is 16.3 Å². The third-order valence-electron chi connectivity index (χ3n) is 2.03. The van der Waals surface area contributed by atoms with Crippen molar-refractivity contribution in [1.29, 1.82) is 0 Å². The second-order valence-electron chi connectivity index (χ2n) is 3.21. The molecule has 0 atom stereocenters. The standard InChI is InChI=1S/C11H18OS2/c1-3-4-5-6-7-12-11-8-10(13-2)9-14-11/h8-9H,3-7H2,1-2H3. The Kier molecular flexibility index (Phi) is 6.12. The van der Waals surface area contributed by atoms with Gasteiger partial charge < -0.3 is 4.74 Å². The molecule has 1 aromatic heterocycles. The first-order valence-electron chi connectivity index (χ1n) is 5.12. The summed E-state index contributed by atoms with van der Waals surface area (Å²) in [6.07, 6.45) is 7.17.